The number of aryl methyl sites for hydroxylation is 1. The molecule has 2 rings (SSSR count). The summed E-state index contributed by atoms with van der Waals surface area (Å²) >= 11 is 0. The van der Waals surface area contributed by atoms with Gasteiger partial charge in [0.2, 0.25) is 0 Å². The maximum absolute atomic E-state index is 10.1. The van der Waals surface area contributed by atoms with Crippen LogP contribution in [-0.4, -0.2) is 33.9 Å². The molecule has 0 fully saturated rings. The van der Waals surface area contributed by atoms with Crippen molar-refractivity contribution in [2.24, 2.45) is 5.92 Å². The van der Waals surface area contributed by atoms with E-state index in [1.54, 1.807) is 14.2 Å². The molecule has 5 nitrogen and oxygen atoms in total. The Labute approximate surface area is 193 Å². The molecule has 0 aliphatic heterocycles. The molecule has 0 aromatic heterocycles. The van der Waals surface area contributed by atoms with Gasteiger partial charge in [0, 0.05) is 6.54 Å². The standard InChI is InChI=1S/C25H34N2O3.ClH/c1-19(2)25(18-26,21-11-12-23(28-4)24(17-21)29-5)13-8-14-27-15-16-30-22-10-7-6-9-20(22)3;/h6-7,9-12,17,19,27H,8,13-16H2,1-5H3;1H. The molecular formula is C25H35ClN2O3. The number of nitrogens with zero attached hydrogens (tertiary/aromatic N) is 1. The fraction of sp³-hybridized carbons (Fsp3) is 0.480. The molecule has 1 unspecified atom stereocenters. The van der Waals surface area contributed by atoms with Crippen LogP contribution in [-0.2, 0) is 5.41 Å². The monoisotopic (exact) mass is 446 g/mol. The van der Waals surface area contributed by atoms with Gasteiger partial charge in [-0.05, 0) is 61.6 Å². The van der Waals surface area contributed by atoms with Crippen LogP contribution in [0.2, 0.25) is 0 Å². The van der Waals surface area contributed by atoms with Gasteiger partial charge in [-0.1, -0.05) is 38.1 Å². The number of hydrogen-bond acceptors (Lipinski definition) is 5. The molecule has 170 valence electrons. The van der Waals surface area contributed by atoms with Gasteiger partial charge in [-0.15, -0.1) is 12.4 Å². The Balaban J connectivity index is 0.00000480. The molecule has 0 heterocycles. The van der Waals surface area contributed by atoms with Crippen molar-refractivity contribution in [1.82, 2.24) is 5.32 Å². The van der Waals surface area contributed by atoms with Crippen LogP contribution in [0.3, 0.4) is 0 Å². The number of nitrogens with one attached hydrogen (secondary N) is 1. The number of hydrogen-bond donors (Lipinski definition) is 1. The number of nitriles is 1. The third-order valence-corrected chi connectivity index (χ3v) is 5.64. The van der Waals surface area contributed by atoms with Gasteiger partial charge in [0.1, 0.15) is 12.4 Å². The predicted molar refractivity (Wildman–Crippen MR) is 128 cm³/mol. The van der Waals surface area contributed by atoms with Crippen molar-refractivity contribution in [1.29, 1.82) is 5.26 Å². The highest BCUT2D eigenvalue weighted by Crippen LogP contribution is 2.40. The molecule has 1 N–H and O–H groups in total. The minimum absolute atomic E-state index is 0. The number of benzene rings is 2. The van der Waals surface area contributed by atoms with Gasteiger partial charge >= 0.3 is 0 Å². The van der Waals surface area contributed by atoms with Crippen molar-refractivity contribution < 1.29 is 14.2 Å². The zero-order chi connectivity index (χ0) is 22.0. The molecule has 31 heavy (non-hydrogen) atoms. The average Bonchev–Trinajstić information content (AvgIpc) is 2.76. The molecule has 2 aromatic rings. The normalized spacial score (nSPS) is 12.4. The number of rotatable bonds is 12. The molecule has 0 bridgehead atoms. The topological polar surface area (TPSA) is 63.5 Å². The minimum Gasteiger partial charge on any atom is -0.493 e. The van der Waals surface area contributed by atoms with Gasteiger partial charge in [0.25, 0.3) is 0 Å². The Kier molecular flexibility index (Phi) is 11.2. The van der Waals surface area contributed by atoms with Gasteiger partial charge in [-0.2, -0.15) is 5.26 Å². The Morgan fingerprint density at radius 3 is 2.32 bits per heavy atom. The molecule has 0 spiro atoms. The van der Waals surface area contributed by atoms with Crippen molar-refractivity contribution in [3.63, 3.8) is 0 Å². The van der Waals surface area contributed by atoms with E-state index in [0.29, 0.717) is 18.1 Å². The second kappa shape index (κ2) is 13.1. The van der Waals surface area contributed by atoms with Gasteiger partial charge in [0.05, 0.1) is 25.7 Å². The Hall–Kier alpha value is -2.42. The molecule has 0 aliphatic rings. The van der Waals surface area contributed by atoms with Gasteiger partial charge in [0.15, 0.2) is 11.5 Å². The summed E-state index contributed by atoms with van der Waals surface area (Å²) < 4.78 is 16.6. The van der Waals surface area contributed by atoms with Gasteiger partial charge < -0.3 is 19.5 Å². The number of methoxy groups -OCH3 is 2. The van der Waals surface area contributed by atoms with E-state index in [1.165, 1.54) is 0 Å². The largest absolute Gasteiger partial charge is 0.493 e. The quantitative estimate of drug-likeness (QED) is 0.448. The molecule has 0 aliphatic carbocycles. The van der Waals surface area contributed by atoms with E-state index in [9.17, 15) is 5.26 Å². The first kappa shape index (κ1) is 26.6. The Bertz CT molecular complexity index is 851. The molecule has 1 atom stereocenters. The first-order chi connectivity index (χ1) is 14.5. The Morgan fingerprint density at radius 1 is 1.00 bits per heavy atom. The highest BCUT2D eigenvalue weighted by atomic mass is 35.5. The van der Waals surface area contributed by atoms with E-state index in [0.717, 1.165) is 42.8 Å². The number of halogens is 1. The summed E-state index contributed by atoms with van der Waals surface area (Å²) in [7, 11) is 3.24. The first-order valence-corrected chi connectivity index (χ1v) is 10.5. The maximum atomic E-state index is 10.1. The fourth-order valence-corrected chi connectivity index (χ4v) is 3.70. The molecule has 2 aromatic carbocycles. The van der Waals surface area contributed by atoms with Crippen molar-refractivity contribution >= 4 is 12.4 Å². The lowest BCUT2D eigenvalue weighted by atomic mass is 9.70. The molecule has 0 saturated carbocycles. The average molecular weight is 447 g/mol. The smallest absolute Gasteiger partial charge is 0.161 e. The second-order valence-electron chi connectivity index (χ2n) is 7.78. The van der Waals surface area contributed by atoms with E-state index in [1.807, 2.05) is 49.4 Å². The summed E-state index contributed by atoms with van der Waals surface area (Å²) in [6.07, 6.45) is 1.66. The zero-order valence-electron chi connectivity index (χ0n) is 19.2. The third kappa shape index (κ3) is 6.78. The lowest BCUT2D eigenvalue weighted by molar-refractivity contribution is 0.307. The van der Waals surface area contributed by atoms with Gasteiger partial charge in [-0.25, -0.2) is 0 Å². The van der Waals surface area contributed by atoms with Crippen LogP contribution in [0, 0.1) is 24.2 Å². The second-order valence-corrected chi connectivity index (χ2v) is 7.78. The minimum atomic E-state index is -0.571. The van der Waals surface area contributed by atoms with Crippen LogP contribution in [0.5, 0.6) is 17.2 Å². The van der Waals surface area contributed by atoms with Gasteiger partial charge in [-0.3, -0.25) is 0 Å². The lowest BCUT2D eigenvalue weighted by Crippen LogP contribution is -2.32. The van der Waals surface area contributed by atoms with Crippen molar-refractivity contribution in [2.75, 3.05) is 33.9 Å². The summed E-state index contributed by atoms with van der Waals surface area (Å²) in [5.74, 6) is 2.43. The van der Waals surface area contributed by atoms with Crippen molar-refractivity contribution in [2.45, 2.75) is 39.0 Å². The third-order valence-electron chi connectivity index (χ3n) is 5.64. The van der Waals surface area contributed by atoms with Crippen LogP contribution in [0.25, 0.3) is 0 Å². The SMILES string of the molecule is COc1ccc(C(C#N)(CCCNCCOc2ccccc2C)C(C)C)cc1OC.Cl. The molecule has 0 radical (unpaired) electrons. The number of para-hydroxylation sites is 1. The van der Waals surface area contributed by atoms with E-state index >= 15 is 0 Å². The van der Waals surface area contributed by atoms with Crippen LogP contribution in [0.15, 0.2) is 42.5 Å². The molecular weight excluding hydrogens is 412 g/mol. The van der Waals surface area contributed by atoms with E-state index in [4.69, 9.17) is 14.2 Å². The van der Waals surface area contributed by atoms with Crippen molar-refractivity contribution in [3.05, 3.63) is 53.6 Å². The molecule has 0 amide bonds. The molecule has 6 heteroatoms. The van der Waals surface area contributed by atoms with E-state index in [2.05, 4.69) is 25.2 Å². The van der Waals surface area contributed by atoms with E-state index in [-0.39, 0.29) is 18.3 Å². The Morgan fingerprint density at radius 2 is 1.71 bits per heavy atom. The number of ether oxygens (including phenoxy) is 3. The summed E-state index contributed by atoms with van der Waals surface area (Å²) in [6.45, 7) is 8.47. The summed E-state index contributed by atoms with van der Waals surface area (Å²) in [5.41, 5.74) is 1.54. The van der Waals surface area contributed by atoms with Crippen LogP contribution in [0.1, 0.15) is 37.8 Å². The van der Waals surface area contributed by atoms with Crippen LogP contribution in [0.4, 0.5) is 0 Å². The molecule has 0 saturated heterocycles. The fourth-order valence-electron chi connectivity index (χ4n) is 3.70. The van der Waals surface area contributed by atoms with Crippen LogP contribution < -0.4 is 19.5 Å². The first-order valence-electron chi connectivity index (χ1n) is 10.5. The lowest BCUT2D eigenvalue weighted by Gasteiger charge is -2.32. The maximum Gasteiger partial charge on any atom is 0.161 e. The summed E-state index contributed by atoms with van der Waals surface area (Å²) in [5, 5.41) is 13.5. The van der Waals surface area contributed by atoms with E-state index < -0.39 is 5.41 Å². The summed E-state index contributed by atoms with van der Waals surface area (Å²) in [4.78, 5) is 0. The summed E-state index contributed by atoms with van der Waals surface area (Å²) in [6, 6.07) is 16.4. The zero-order valence-corrected chi connectivity index (χ0v) is 20.1. The van der Waals surface area contributed by atoms with Crippen molar-refractivity contribution in [3.8, 4) is 23.3 Å². The highest BCUT2D eigenvalue weighted by Gasteiger charge is 2.36. The highest BCUT2D eigenvalue weighted by molar-refractivity contribution is 5.85. The predicted octanol–water partition coefficient (Wildman–Crippen LogP) is 5.30. The van der Waals surface area contributed by atoms with Crippen LogP contribution >= 0.6 is 12.4 Å².